The molecule has 5 heteroatoms. The number of carbonyl (C=O) groups is 1. The van der Waals surface area contributed by atoms with Gasteiger partial charge in [-0.1, -0.05) is 6.92 Å². The lowest BCUT2D eigenvalue weighted by Gasteiger charge is -2.09. The van der Waals surface area contributed by atoms with Crippen LogP contribution in [0.25, 0.3) is 0 Å². The van der Waals surface area contributed by atoms with Gasteiger partial charge >= 0.3 is 5.97 Å². The quantitative estimate of drug-likeness (QED) is 0.711. The van der Waals surface area contributed by atoms with Gasteiger partial charge in [0.25, 0.3) is 0 Å². The summed E-state index contributed by atoms with van der Waals surface area (Å²) >= 11 is 1.79. The fourth-order valence-corrected chi connectivity index (χ4v) is 2.37. The molecule has 1 heterocycles. The monoisotopic (exact) mass is 242 g/mol. The van der Waals surface area contributed by atoms with Gasteiger partial charge in [-0.2, -0.15) is 16.9 Å². The molecular formula is C11H18N2O2S. The fourth-order valence-electron chi connectivity index (χ4n) is 1.39. The predicted octanol–water partition coefficient (Wildman–Crippen LogP) is 1.65. The van der Waals surface area contributed by atoms with Gasteiger partial charge in [0, 0.05) is 24.2 Å². The molecule has 0 aliphatic carbocycles. The second-order valence-electron chi connectivity index (χ2n) is 3.66. The summed E-state index contributed by atoms with van der Waals surface area (Å²) in [5.41, 5.74) is 1.22. The van der Waals surface area contributed by atoms with E-state index in [-0.39, 0.29) is 5.97 Å². The van der Waals surface area contributed by atoms with Crippen LogP contribution < -0.4 is 0 Å². The number of esters is 1. The Morgan fingerprint density at radius 3 is 3.00 bits per heavy atom. The van der Waals surface area contributed by atoms with Crippen molar-refractivity contribution in [2.24, 2.45) is 7.05 Å². The van der Waals surface area contributed by atoms with Gasteiger partial charge in [-0.15, -0.1) is 0 Å². The van der Waals surface area contributed by atoms with Crippen LogP contribution in [0.1, 0.15) is 19.0 Å². The Kier molecular flexibility index (Phi) is 5.38. The molecule has 1 atom stereocenters. The Bertz CT molecular complexity index is 338. The molecule has 0 aromatic carbocycles. The first-order chi connectivity index (χ1) is 7.63. The number of hydrogen-bond acceptors (Lipinski definition) is 4. The second kappa shape index (κ2) is 6.58. The van der Waals surface area contributed by atoms with E-state index in [2.05, 4.69) is 9.84 Å². The summed E-state index contributed by atoms with van der Waals surface area (Å²) in [7, 11) is 3.37. The minimum atomic E-state index is -0.138. The van der Waals surface area contributed by atoms with Crippen LogP contribution in [0.15, 0.2) is 12.3 Å². The summed E-state index contributed by atoms with van der Waals surface area (Å²) in [4.78, 5) is 11.0. The Hall–Kier alpha value is -0.970. The summed E-state index contributed by atoms with van der Waals surface area (Å²) in [6, 6.07) is 2.02. The molecule has 0 saturated heterocycles. The van der Waals surface area contributed by atoms with Crippen LogP contribution in [0.5, 0.6) is 0 Å². The molecule has 90 valence electrons. The minimum absolute atomic E-state index is 0.138. The van der Waals surface area contributed by atoms with Crippen molar-refractivity contribution in [1.82, 2.24) is 9.78 Å². The van der Waals surface area contributed by atoms with Gasteiger partial charge in [0.1, 0.15) is 0 Å². The molecule has 16 heavy (non-hydrogen) atoms. The summed E-state index contributed by atoms with van der Waals surface area (Å²) < 4.78 is 6.51. The maximum atomic E-state index is 11.0. The molecule has 4 nitrogen and oxygen atoms in total. The highest BCUT2D eigenvalue weighted by Crippen LogP contribution is 2.16. The molecule has 0 radical (unpaired) electrons. The molecule has 1 aromatic heterocycles. The number of aromatic nitrogens is 2. The molecule has 0 spiro atoms. The predicted molar refractivity (Wildman–Crippen MR) is 65.5 cm³/mol. The van der Waals surface area contributed by atoms with E-state index in [4.69, 9.17) is 0 Å². The lowest BCUT2D eigenvalue weighted by atomic mass is 10.3. The summed E-state index contributed by atoms with van der Waals surface area (Å²) in [5, 5.41) is 4.42. The molecule has 0 bridgehead atoms. The number of ether oxygens (including phenoxy) is 1. The Morgan fingerprint density at radius 2 is 2.44 bits per heavy atom. The van der Waals surface area contributed by atoms with E-state index in [0.29, 0.717) is 11.7 Å². The van der Waals surface area contributed by atoms with Gasteiger partial charge in [-0.25, -0.2) is 0 Å². The SMILES string of the molecule is COC(=O)CC(C)SCCc1ccnn1C. The Labute approximate surface area is 100 Å². The van der Waals surface area contributed by atoms with E-state index in [9.17, 15) is 4.79 Å². The van der Waals surface area contributed by atoms with Crippen molar-refractivity contribution in [3.63, 3.8) is 0 Å². The number of rotatable bonds is 6. The highest BCUT2D eigenvalue weighted by atomic mass is 32.2. The zero-order valence-electron chi connectivity index (χ0n) is 9.97. The van der Waals surface area contributed by atoms with Crippen LogP contribution in [0.3, 0.4) is 0 Å². The third kappa shape index (κ3) is 4.26. The third-order valence-electron chi connectivity index (χ3n) is 2.36. The second-order valence-corrected chi connectivity index (χ2v) is 5.20. The van der Waals surface area contributed by atoms with E-state index in [1.54, 1.807) is 18.0 Å². The van der Waals surface area contributed by atoms with E-state index >= 15 is 0 Å². The zero-order chi connectivity index (χ0) is 12.0. The van der Waals surface area contributed by atoms with Crippen molar-refractivity contribution in [1.29, 1.82) is 0 Å². The maximum Gasteiger partial charge on any atom is 0.306 e. The molecular weight excluding hydrogens is 224 g/mol. The van der Waals surface area contributed by atoms with Crippen molar-refractivity contribution in [2.75, 3.05) is 12.9 Å². The lowest BCUT2D eigenvalue weighted by molar-refractivity contribution is -0.140. The highest BCUT2D eigenvalue weighted by molar-refractivity contribution is 7.99. The smallest absolute Gasteiger partial charge is 0.306 e. The first-order valence-corrected chi connectivity index (χ1v) is 6.33. The number of carbonyl (C=O) groups excluding carboxylic acids is 1. The van der Waals surface area contributed by atoms with Crippen LogP contribution in [-0.2, 0) is 23.0 Å². The molecule has 0 N–H and O–H groups in total. The molecule has 0 aliphatic rings. The van der Waals surface area contributed by atoms with Crippen molar-refractivity contribution in [3.8, 4) is 0 Å². The van der Waals surface area contributed by atoms with Crippen molar-refractivity contribution in [2.45, 2.75) is 25.0 Å². The number of methoxy groups -OCH3 is 1. The lowest BCUT2D eigenvalue weighted by Crippen LogP contribution is -2.10. The average molecular weight is 242 g/mol. The first kappa shape index (κ1) is 13.1. The number of thioether (sulfide) groups is 1. The van der Waals surface area contributed by atoms with Crippen molar-refractivity contribution in [3.05, 3.63) is 18.0 Å². The average Bonchev–Trinajstić information content (AvgIpc) is 2.64. The van der Waals surface area contributed by atoms with Crippen LogP contribution in [0, 0.1) is 0 Å². The molecule has 0 amide bonds. The standard InChI is InChI=1S/C11H18N2O2S/c1-9(8-11(14)15-3)16-7-5-10-4-6-12-13(10)2/h4,6,9H,5,7-8H2,1-3H3. The van der Waals surface area contributed by atoms with Gasteiger partial charge < -0.3 is 4.74 Å². The highest BCUT2D eigenvalue weighted by Gasteiger charge is 2.09. The van der Waals surface area contributed by atoms with E-state index in [0.717, 1.165) is 12.2 Å². The first-order valence-electron chi connectivity index (χ1n) is 5.28. The van der Waals surface area contributed by atoms with Crippen LogP contribution >= 0.6 is 11.8 Å². The van der Waals surface area contributed by atoms with Crippen LogP contribution in [0.2, 0.25) is 0 Å². The zero-order valence-corrected chi connectivity index (χ0v) is 10.8. The topological polar surface area (TPSA) is 44.1 Å². The number of hydrogen-bond donors (Lipinski definition) is 0. The van der Waals surface area contributed by atoms with Crippen molar-refractivity contribution < 1.29 is 9.53 Å². The van der Waals surface area contributed by atoms with Gasteiger partial charge in [0.2, 0.25) is 0 Å². The molecule has 0 saturated carbocycles. The fraction of sp³-hybridized carbons (Fsp3) is 0.636. The molecule has 1 aromatic rings. The van der Waals surface area contributed by atoms with Crippen LogP contribution in [-0.4, -0.2) is 33.9 Å². The van der Waals surface area contributed by atoms with E-state index < -0.39 is 0 Å². The van der Waals surface area contributed by atoms with Gasteiger partial charge in [-0.05, 0) is 18.2 Å². The van der Waals surface area contributed by atoms with E-state index in [1.807, 2.05) is 24.7 Å². The van der Waals surface area contributed by atoms with E-state index in [1.165, 1.54) is 12.8 Å². The van der Waals surface area contributed by atoms with Crippen molar-refractivity contribution >= 4 is 17.7 Å². The molecule has 1 unspecified atom stereocenters. The third-order valence-corrected chi connectivity index (χ3v) is 3.54. The minimum Gasteiger partial charge on any atom is -0.469 e. The summed E-state index contributed by atoms with van der Waals surface area (Å²) in [6.07, 6.45) is 3.26. The summed E-state index contributed by atoms with van der Waals surface area (Å²) in [6.45, 7) is 2.05. The number of nitrogens with zero attached hydrogens (tertiary/aromatic N) is 2. The molecule has 1 rings (SSSR count). The Morgan fingerprint density at radius 1 is 1.69 bits per heavy atom. The van der Waals surface area contributed by atoms with Gasteiger partial charge in [0.15, 0.2) is 0 Å². The van der Waals surface area contributed by atoms with Crippen LogP contribution in [0.4, 0.5) is 0 Å². The normalized spacial score (nSPS) is 12.4. The Balaban J connectivity index is 2.20. The summed E-state index contributed by atoms with van der Waals surface area (Å²) in [5.74, 6) is 0.859. The van der Waals surface area contributed by atoms with Gasteiger partial charge in [0.05, 0.1) is 13.5 Å². The largest absolute Gasteiger partial charge is 0.469 e. The molecule has 0 fully saturated rings. The van der Waals surface area contributed by atoms with Gasteiger partial charge in [-0.3, -0.25) is 9.48 Å². The maximum absolute atomic E-state index is 11.0. The molecule has 0 aliphatic heterocycles. The number of aryl methyl sites for hydroxylation is 2.